The predicted octanol–water partition coefficient (Wildman–Crippen LogP) is 4.88. The van der Waals surface area contributed by atoms with E-state index in [4.69, 9.17) is 14.2 Å². The minimum Gasteiger partial charge on any atom is -0.486 e. The third-order valence-corrected chi connectivity index (χ3v) is 6.89. The highest BCUT2D eigenvalue weighted by atomic mass is 16.5. The zero-order chi connectivity index (χ0) is 27.9. The summed E-state index contributed by atoms with van der Waals surface area (Å²) in [6, 6.07) is 13.7. The fourth-order valence-corrected chi connectivity index (χ4v) is 4.69. The molecule has 2 fully saturated rings. The summed E-state index contributed by atoms with van der Waals surface area (Å²) in [6.45, 7) is 10.9. The molecule has 2 aliphatic rings. The number of aromatic nitrogens is 1. The molecule has 2 saturated heterocycles. The van der Waals surface area contributed by atoms with Gasteiger partial charge in [-0.1, -0.05) is 30.4 Å². The Balaban J connectivity index is 1.48. The number of ether oxygens (including phenoxy) is 3. The van der Waals surface area contributed by atoms with Crippen LogP contribution in [0.2, 0.25) is 0 Å². The van der Waals surface area contributed by atoms with Gasteiger partial charge >= 0.3 is 0 Å². The molecule has 0 aliphatic carbocycles. The van der Waals surface area contributed by atoms with Crippen LogP contribution >= 0.6 is 0 Å². The van der Waals surface area contributed by atoms with Gasteiger partial charge in [0.05, 0.1) is 48.9 Å². The fourth-order valence-electron chi connectivity index (χ4n) is 4.69. The Kier molecular flexibility index (Phi) is 8.71. The lowest BCUT2D eigenvalue weighted by molar-refractivity contribution is -0.111. The molecular formula is C31H33N5O4. The molecule has 9 heteroatoms. The van der Waals surface area contributed by atoms with Crippen LogP contribution in [0.5, 0.6) is 5.75 Å². The normalized spacial score (nSPS) is 17.6. The molecule has 0 saturated carbocycles. The number of fused-ring (bicyclic) bond motifs is 1. The number of amides is 1. The molecule has 1 amide bonds. The van der Waals surface area contributed by atoms with Gasteiger partial charge in [-0.05, 0) is 30.7 Å². The molecular weight excluding hydrogens is 506 g/mol. The van der Waals surface area contributed by atoms with Crippen LogP contribution in [0.1, 0.15) is 24.5 Å². The van der Waals surface area contributed by atoms with Gasteiger partial charge in [-0.25, -0.2) is 0 Å². The van der Waals surface area contributed by atoms with Crippen LogP contribution in [0.25, 0.3) is 16.5 Å². The van der Waals surface area contributed by atoms with Crippen LogP contribution in [-0.2, 0) is 14.3 Å². The van der Waals surface area contributed by atoms with E-state index in [0.29, 0.717) is 66.6 Å². The van der Waals surface area contributed by atoms with Crippen LogP contribution in [0, 0.1) is 11.3 Å². The molecule has 1 unspecified atom stereocenters. The summed E-state index contributed by atoms with van der Waals surface area (Å²) in [7, 11) is 0. The van der Waals surface area contributed by atoms with Gasteiger partial charge in [0.1, 0.15) is 17.9 Å². The highest BCUT2D eigenvalue weighted by Crippen LogP contribution is 2.37. The first-order valence-electron chi connectivity index (χ1n) is 13.4. The van der Waals surface area contributed by atoms with Crippen molar-refractivity contribution in [2.45, 2.75) is 19.4 Å². The molecule has 2 aromatic carbocycles. The van der Waals surface area contributed by atoms with E-state index in [1.807, 2.05) is 43.3 Å². The smallest absolute Gasteiger partial charge is 0.248 e. The van der Waals surface area contributed by atoms with E-state index in [1.165, 1.54) is 6.08 Å². The minimum atomic E-state index is -0.270. The molecule has 1 atom stereocenters. The number of carbonyl (C=O) groups is 1. The lowest BCUT2D eigenvalue weighted by atomic mass is 10.1. The van der Waals surface area contributed by atoms with Crippen molar-refractivity contribution >= 4 is 39.4 Å². The summed E-state index contributed by atoms with van der Waals surface area (Å²) in [6.07, 6.45) is 5.57. The number of benzene rings is 2. The summed E-state index contributed by atoms with van der Waals surface area (Å²) >= 11 is 0. The standard InChI is InChI=1S/C31H33N5O4/c1-21(2)22-5-3-6-24(15-22)34-31-23(18-32)19-33-27-17-29(40-25-8-12-39-20-25)28(16-26(27)31)35-30(37)7-4-9-36-10-13-38-14-11-36/h3-7,15-17,19,25H,1,8-14,20H2,2H3,(H,33,34)(H,35,37). The highest BCUT2D eigenvalue weighted by Gasteiger charge is 2.21. The summed E-state index contributed by atoms with van der Waals surface area (Å²) in [4.78, 5) is 19.7. The predicted molar refractivity (Wildman–Crippen MR) is 156 cm³/mol. The maximum Gasteiger partial charge on any atom is 0.248 e. The van der Waals surface area contributed by atoms with Gasteiger partial charge in [-0.15, -0.1) is 0 Å². The zero-order valence-corrected chi connectivity index (χ0v) is 22.6. The largest absolute Gasteiger partial charge is 0.486 e. The number of nitriles is 1. The Morgan fingerprint density at radius 3 is 2.85 bits per heavy atom. The Morgan fingerprint density at radius 1 is 1.25 bits per heavy atom. The molecule has 2 aliphatic heterocycles. The number of pyridine rings is 1. The summed E-state index contributed by atoms with van der Waals surface area (Å²) < 4.78 is 17.1. The van der Waals surface area contributed by atoms with E-state index in [0.717, 1.165) is 36.3 Å². The molecule has 0 radical (unpaired) electrons. The first-order valence-corrected chi connectivity index (χ1v) is 13.4. The van der Waals surface area contributed by atoms with Gasteiger partial charge in [0.15, 0.2) is 0 Å². The molecule has 5 rings (SSSR count). The fraction of sp³-hybridized carbons (Fsp3) is 0.323. The first-order chi connectivity index (χ1) is 19.5. The molecule has 1 aromatic heterocycles. The molecule has 2 N–H and O–H groups in total. The third-order valence-electron chi connectivity index (χ3n) is 6.89. The summed E-state index contributed by atoms with van der Waals surface area (Å²) in [5, 5.41) is 17.0. The second-order valence-corrected chi connectivity index (χ2v) is 9.92. The van der Waals surface area contributed by atoms with Crippen molar-refractivity contribution in [3.05, 3.63) is 72.5 Å². The van der Waals surface area contributed by atoms with E-state index >= 15 is 0 Å². The molecule has 0 bridgehead atoms. The third kappa shape index (κ3) is 6.66. The van der Waals surface area contributed by atoms with Gasteiger partial charge in [0.25, 0.3) is 0 Å². The van der Waals surface area contributed by atoms with Crippen molar-refractivity contribution in [2.24, 2.45) is 0 Å². The lowest BCUT2D eigenvalue weighted by Crippen LogP contribution is -2.36. The monoisotopic (exact) mass is 539 g/mol. The quantitative estimate of drug-likeness (QED) is 0.371. The zero-order valence-electron chi connectivity index (χ0n) is 22.6. The second kappa shape index (κ2) is 12.7. The number of anilines is 3. The van der Waals surface area contributed by atoms with Gasteiger partial charge in [-0.2, -0.15) is 5.26 Å². The molecule has 0 spiro atoms. The van der Waals surface area contributed by atoms with Gasteiger partial charge in [-0.3, -0.25) is 14.7 Å². The van der Waals surface area contributed by atoms with Crippen molar-refractivity contribution in [2.75, 3.05) is 56.7 Å². The molecule has 206 valence electrons. The van der Waals surface area contributed by atoms with Crippen LogP contribution < -0.4 is 15.4 Å². The Hall–Kier alpha value is -4.23. The number of nitrogens with one attached hydrogen (secondary N) is 2. The van der Waals surface area contributed by atoms with Crippen LogP contribution in [0.4, 0.5) is 17.1 Å². The van der Waals surface area contributed by atoms with Gasteiger partial charge in [0.2, 0.25) is 5.91 Å². The topological polar surface area (TPSA) is 109 Å². The van der Waals surface area contributed by atoms with E-state index in [-0.39, 0.29) is 12.0 Å². The van der Waals surface area contributed by atoms with E-state index in [2.05, 4.69) is 33.2 Å². The number of rotatable bonds is 9. The number of hydrogen-bond acceptors (Lipinski definition) is 8. The number of hydrogen-bond donors (Lipinski definition) is 2. The molecule has 40 heavy (non-hydrogen) atoms. The minimum absolute atomic E-state index is 0.120. The number of allylic oxidation sites excluding steroid dienone is 1. The highest BCUT2D eigenvalue weighted by molar-refractivity contribution is 6.05. The molecule has 3 heterocycles. The average Bonchev–Trinajstić information content (AvgIpc) is 3.47. The number of nitrogens with zero attached hydrogens (tertiary/aromatic N) is 3. The SMILES string of the molecule is C=C(C)c1cccc(Nc2c(C#N)cnc3cc(OC4CCOC4)c(NC(=O)C=CCN4CCOCC4)cc23)c1. The Bertz CT molecular complexity index is 1470. The van der Waals surface area contributed by atoms with Crippen molar-refractivity contribution in [1.82, 2.24) is 9.88 Å². The van der Waals surface area contributed by atoms with Crippen LogP contribution in [0.15, 0.2) is 61.3 Å². The maximum absolute atomic E-state index is 13.0. The maximum atomic E-state index is 13.0. The van der Waals surface area contributed by atoms with Gasteiger partial charge in [0, 0.05) is 55.5 Å². The summed E-state index contributed by atoms with van der Waals surface area (Å²) in [5.74, 6) is 0.235. The van der Waals surface area contributed by atoms with Crippen molar-refractivity contribution in [3.63, 3.8) is 0 Å². The number of carbonyl (C=O) groups excluding carboxylic acids is 1. The molecule has 3 aromatic rings. The van der Waals surface area contributed by atoms with E-state index in [9.17, 15) is 10.1 Å². The van der Waals surface area contributed by atoms with Crippen molar-refractivity contribution < 1.29 is 19.0 Å². The average molecular weight is 540 g/mol. The Morgan fingerprint density at radius 2 is 2.10 bits per heavy atom. The van der Waals surface area contributed by atoms with Crippen LogP contribution in [-0.4, -0.2) is 68.0 Å². The first kappa shape index (κ1) is 27.3. The molecule has 9 nitrogen and oxygen atoms in total. The van der Waals surface area contributed by atoms with Crippen LogP contribution in [0.3, 0.4) is 0 Å². The summed E-state index contributed by atoms with van der Waals surface area (Å²) in [5.41, 5.74) is 4.85. The van der Waals surface area contributed by atoms with Gasteiger partial charge < -0.3 is 24.8 Å². The second-order valence-electron chi connectivity index (χ2n) is 9.92. The van der Waals surface area contributed by atoms with E-state index in [1.54, 1.807) is 12.3 Å². The lowest BCUT2D eigenvalue weighted by Gasteiger charge is -2.25. The van der Waals surface area contributed by atoms with Crippen molar-refractivity contribution in [1.29, 1.82) is 5.26 Å². The van der Waals surface area contributed by atoms with E-state index < -0.39 is 0 Å². The van der Waals surface area contributed by atoms with Crippen molar-refractivity contribution in [3.8, 4) is 11.8 Å². The Labute approximate surface area is 234 Å². The number of morpholine rings is 1.